The molecule has 2 rings (SSSR count). The van der Waals surface area contributed by atoms with Gasteiger partial charge in [0.05, 0.1) is 11.4 Å². The number of aromatic nitrogens is 1. The average Bonchev–Trinajstić information content (AvgIpc) is 2.36. The monoisotopic (exact) mass is 322 g/mol. The van der Waals surface area contributed by atoms with E-state index in [1.165, 1.54) is 0 Å². The summed E-state index contributed by atoms with van der Waals surface area (Å²) in [6.45, 7) is 5.71. The zero-order valence-electron chi connectivity index (χ0n) is 11.2. The van der Waals surface area contributed by atoms with E-state index < -0.39 is 0 Å². The van der Waals surface area contributed by atoms with Crippen LogP contribution in [0.1, 0.15) is 29.8 Å². The van der Waals surface area contributed by atoms with Crippen molar-refractivity contribution in [1.82, 2.24) is 4.98 Å². The van der Waals surface area contributed by atoms with Crippen LogP contribution in [0.3, 0.4) is 0 Å². The Labute approximate surface area is 121 Å². The molecule has 0 radical (unpaired) electrons. The van der Waals surface area contributed by atoms with Crippen LogP contribution < -0.4 is 5.32 Å². The Morgan fingerprint density at radius 1 is 1.21 bits per heavy atom. The predicted molar refractivity (Wildman–Crippen MR) is 79.8 cm³/mol. The second-order valence-electron chi connectivity index (χ2n) is 4.64. The lowest BCUT2D eigenvalue weighted by atomic mass is 10.1. The van der Waals surface area contributed by atoms with E-state index >= 15 is 0 Å². The Kier molecular flexibility index (Phi) is 4.20. The van der Waals surface area contributed by atoms with E-state index in [2.05, 4.69) is 26.2 Å². The van der Waals surface area contributed by atoms with Crippen molar-refractivity contribution >= 4 is 21.6 Å². The molecule has 2 aromatic rings. The van der Waals surface area contributed by atoms with Crippen LogP contribution in [-0.4, -0.2) is 4.98 Å². The Morgan fingerprint density at radius 2 is 1.95 bits per heavy atom. The van der Waals surface area contributed by atoms with Crippen molar-refractivity contribution in [2.24, 2.45) is 0 Å². The summed E-state index contributed by atoms with van der Waals surface area (Å²) in [7, 11) is 0. The highest BCUT2D eigenvalue weighted by Crippen LogP contribution is 2.23. The summed E-state index contributed by atoms with van der Waals surface area (Å²) in [5.74, 6) is -0.170. The third-order valence-electron chi connectivity index (χ3n) is 3.12. The molecule has 4 heteroatoms. The molecule has 1 unspecified atom stereocenters. The van der Waals surface area contributed by atoms with Gasteiger partial charge in [-0.1, -0.05) is 12.1 Å². The van der Waals surface area contributed by atoms with E-state index in [-0.39, 0.29) is 11.9 Å². The Balaban J connectivity index is 2.20. The van der Waals surface area contributed by atoms with Gasteiger partial charge < -0.3 is 5.32 Å². The van der Waals surface area contributed by atoms with Crippen molar-refractivity contribution in [3.63, 3.8) is 0 Å². The van der Waals surface area contributed by atoms with E-state index in [1.54, 1.807) is 19.1 Å². The zero-order valence-corrected chi connectivity index (χ0v) is 12.8. The minimum Gasteiger partial charge on any atom is -0.377 e. The zero-order chi connectivity index (χ0) is 14.0. The molecule has 0 aliphatic carbocycles. The number of rotatable bonds is 3. The lowest BCUT2D eigenvalue weighted by molar-refractivity contribution is 0.614. The summed E-state index contributed by atoms with van der Waals surface area (Å²) in [4.78, 5) is 4.33. The van der Waals surface area contributed by atoms with Gasteiger partial charge in [0.2, 0.25) is 0 Å². The maximum absolute atomic E-state index is 13.6. The van der Waals surface area contributed by atoms with Crippen LogP contribution in [0.25, 0.3) is 0 Å². The van der Waals surface area contributed by atoms with Crippen molar-refractivity contribution in [2.75, 3.05) is 5.32 Å². The maximum atomic E-state index is 13.6. The molecule has 100 valence electrons. The normalized spacial score (nSPS) is 12.3. The van der Waals surface area contributed by atoms with Crippen molar-refractivity contribution in [3.8, 4) is 0 Å². The number of anilines is 1. The first-order valence-corrected chi connectivity index (χ1v) is 6.92. The SMILES string of the molecule is Cc1ccc(C(C)Nc2ccc(Br)nc2C)cc1F. The molecule has 1 aromatic heterocycles. The summed E-state index contributed by atoms with van der Waals surface area (Å²) in [5, 5.41) is 3.35. The summed E-state index contributed by atoms with van der Waals surface area (Å²) in [6.07, 6.45) is 0. The third kappa shape index (κ3) is 3.32. The molecule has 2 nitrogen and oxygen atoms in total. The number of halogens is 2. The molecule has 0 bridgehead atoms. The molecule has 0 fully saturated rings. The molecule has 0 amide bonds. The number of hydrogen-bond acceptors (Lipinski definition) is 2. The van der Waals surface area contributed by atoms with E-state index in [1.807, 2.05) is 32.0 Å². The van der Waals surface area contributed by atoms with Crippen molar-refractivity contribution < 1.29 is 4.39 Å². The lowest BCUT2D eigenvalue weighted by Crippen LogP contribution is -2.08. The molecule has 1 heterocycles. The molecule has 19 heavy (non-hydrogen) atoms. The smallest absolute Gasteiger partial charge is 0.126 e. The van der Waals surface area contributed by atoms with Crippen molar-refractivity contribution in [2.45, 2.75) is 26.8 Å². The first-order valence-electron chi connectivity index (χ1n) is 6.13. The molecule has 0 saturated heterocycles. The quantitative estimate of drug-likeness (QED) is 0.823. The second kappa shape index (κ2) is 5.70. The first kappa shape index (κ1) is 14.0. The van der Waals surface area contributed by atoms with Crippen molar-refractivity contribution in [1.29, 1.82) is 0 Å². The Hall–Kier alpha value is -1.42. The summed E-state index contributed by atoms with van der Waals surface area (Å²) in [5.41, 5.74) is 3.45. The highest BCUT2D eigenvalue weighted by Gasteiger charge is 2.09. The molecule has 0 aliphatic rings. The van der Waals surface area contributed by atoms with Crippen LogP contribution in [0.15, 0.2) is 34.9 Å². The van der Waals surface area contributed by atoms with E-state index in [0.717, 1.165) is 21.5 Å². The van der Waals surface area contributed by atoms with Crippen LogP contribution in [0.5, 0.6) is 0 Å². The number of benzene rings is 1. The topological polar surface area (TPSA) is 24.9 Å². The minimum absolute atomic E-state index is 0.0248. The predicted octanol–water partition coefficient (Wildman–Crippen LogP) is 4.77. The largest absolute Gasteiger partial charge is 0.377 e. The fraction of sp³-hybridized carbons (Fsp3) is 0.267. The standard InChI is InChI=1S/C15H16BrFN2/c1-9-4-5-12(8-13(9)17)10(2)18-14-6-7-15(16)19-11(14)3/h4-8,10,18H,1-3H3. The number of nitrogens with zero attached hydrogens (tertiary/aromatic N) is 1. The number of nitrogens with one attached hydrogen (secondary N) is 1. The van der Waals surface area contributed by atoms with Gasteiger partial charge in [-0.3, -0.25) is 0 Å². The van der Waals surface area contributed by atoms with Crippen LogP contribution in [0.2, 0.25) is 0 Å². The number of pyridine rings is 1. The van der Waals surface area contributed by atoms with Gasteiger partial charge in [0.1, 0.15) is 10.4 Å². The first-order chi connectivity index (χ1) is 8.97. The number of hydrogen-bond donors (Lipinski definition) is 1. The minimum atomic E-state index is -0.170. The summed E-state index contributed by atoms with van der Waals surface area (Å²) < 4.78 is 14.4. The van der Waals surface area contributed by atoms with Crippen LogP contribution in [0, 0.1) is 19.7 Å². The third-order valence-corrected chi connectivity index (χ3v) is 3.56. The van der Waals surface area contributed by atoms with E-state index in [0.29, 0.717) is 5.56 Å². The number of aryl methyl sites for hydroxylation is 2. The van der Waals surface area contributed by atoms with Gasteiger partial charge in [0, 0.05) is 6.04 Å². The van der Waals surface area contributed by atoms with Gasteiger partial charge in [-0.05, 0) is 66.0 Å². The molecule has 0 saturated carbocycles. The Morgan fingerprint density at radius 3 is 2.58 bits per heavy atom. The fourth-order valence-corrected chi connectivity index (χ4v) is 2.28. The molecule has 0 spiro atoms. The van der Waals surface area contributed by atoms with Gasteiger partial charge in [-0.2, -0.15) is 0 Å². The average molecular weight is 323 g/mol. The maximum Gasteiger partial charge on any atom is 0.126 e. The van der Waals surface area contributed by atoms with Crippen LogP contribution in [0.4, 0.5) is 10.1 Å². The molecule has 0 aliphatic heterocycles. The molecule has 1 aromatic carbocycles. The molecule has 1 atom stereocenters. The van der Waals surface area contributed by atoms with Gasteiger partial charge in [-0.25, -0.2) is 9.37 Å². The van der Waals surface area contributed by atoms with Gasteiger partial charge in [0.15, 0.2) is 0 Å². The summed E-state index contributed by atoms with van der Waals surface area (Å²) in [6, 6.07) is 9.20. The van der Waals surface area contributed by atoms with Crippen molar-refractivity contribution in [3.05, 3.63) is 57.6 Å². The van der Waals surface area contributed by atoms with Gasteiger partial charge >= 0.3 is 0 Å². The van der Waals surface area contributed by atoms with E-state index in [4.69, 9.17) is 0 Å². The fourth-order valence-electron chi connectivity index (χ4n) is 1.88. The van der Waals surface area contributed by atoms with E-state index in [9.17, 15) is 4.39 Å². The van der Waals surface area contributed by atoms with Crippen LogP contribution >= 0.6 is 15.9 Å². The van der Waals surface area contributed by atoms with Gasteiger partial charge in [0.25, 0.3) is 0 Å². The Bertz CT molecular complexity index is 599. The molecular weight excluding hydrogens is 307 g/mol. The highest BCUT2D eigenvalue weighted by molar-refractivity contribution is 9.10. The lowest BCUT2D eigenvalue weighted by Gasteiger charge is -2.17. The van der Waals surface area contributed by atoms with Crippen LogP contribution in [-0.2, 0) is 0 Å². The van der Waals surface area contributed by atoms with Gasteiger partial charge in [-0.15, -0.1) is 0 Å². The molecular formula is C15H16BrFN2. The molecule has 1 N–H and O–H groups in total. The second-order valence-corrected chi connectivity index (χ2v) is 5.45. The highest BCUT2D eigenvalue weighted by atomic mass is 79.9. The summed E-state index contributed by atoms with van der Waals surface area (Å²) >= 11 is 3.34.